The number of piperidine rings is 3. The third-order valence-corrected chi connectivity index (χ3v) is 8.17. The molecule has 4 fully saturated rings. The van der Waals surface area contributed by atoms with Gasteiger partial charge >= 0.3 is 0 Å². The molecule has 3 aliphatic heterocycles. The van der Waals surface area contributed by atoms with Crippen molar-refractivity contribution in [1.29, 1.82) is 0 Å². The number of benzene rings is 1. The van der Waals surface area contributed by atoms with Crippen molar-refractivity contribution in [3.63, 3.8) is 0 Å². The van der Waals surface area contributed by atoms with Crippen LogP contribution in [0.4, 0.5) is 0 Å². The van der Waals surface area contributed by atoms with E-state index in [-0.39, 0.29) is 5.92 Å². The zero-order valence-corrected chi connectivity index (χ0v) is 20.0. The van der Waals surface area contributed by atoms with Gasteiger partial charge in [0.1, 0.15) is 24.8 Å². The summed E-state index contributed by atoms with van der Waals surface area (Å²) in [5.41, 5.74) is 2.40. The van der Waals surface area contributed by atoms with Crippen LogP contribution < -0.4 is 15.1 Å². The van der Waals surface area contributed by atoms with E-state index in [1.807, 2.05) is 4.68 Å². The molecule has 2 bridgehead atoms. The monoisotopic (exact) mass is 452 g/mol. The molecule has 0 radical (unpaired) electrons. The topological polar surface area (TPSA) is 68.7 Å². The van der Waals surface area contributed by atoms with Crippen LogP contribution in [0.1, 0.15) is 56.2 Å². The Labute approximate surface area is 197 Å². The number of carbonyl (C=O) groups is 1. The number of hydrogen-bond donors (Lipinski definition) is 3. The Hall–Kier alpha value is -2.25. The van der Waals surface area contributed by atoms with Crippen molar-refractivity contribution in [2.45, 2.75) is 76.7 Å². The fourth-order valence-electron chi connectivity index (χ4n) is 6.42. The minimum atomic E-state index is 0.202. The molecule has 1 amide bonds. The summed E-state index contributed by atoms with van der Waals surface area (Å²) in [5.74, 6) is 1.06. The predicted octanol–water partition coefficient (Wildman–Crippen LogP) is 0.235. The molecule has 7 nitrogen and oxygen atoms in total. The normalized spacial score (nSPS) is 28.5. The summed E-state index contributed by atoms with van der Waals surface area (Å²) in [6.45, 7) is 4.95. The SMILES string of the molecule is C[NH+](Cc1ccccc1)Cc1cn(C[C@H]2C[C@@H]3CC[NH+]2C[C@@H]3C(=O)NC2CCCCC2)nn1. The number of fused-ring (bicyclic) bond motifs is 3. The average Bonchev–Trinajstić information content (AvgIpc) is 3.27. The third kappa shape index (κ3) is 5.64. The third-order valence-electron chi connectivity index (χ3n) is 8.17. The van der Waals surface area contributed by atoms with Gasteiger partial charge in [-0.2, -0.15) is 0 Å². The van der Waals surface area contributed by atoms with Crippen LogP contribution in [0.15, 0.2) is 36.5 Å². The molecule has 3 N–H and O–H groups in total. The van der Waals surface area contributed by atoms with Gasteiger partial charge in [0, 0.05) is 24.4 Å². The van der Waals surface area contributed by atoms with E-state index in [1.165, 1.54) is 55.5 Å². The molecule has 5 atom stereocenters. The number of carbonyl (C=O) groups excluding carboxylic acids is 1. The molecular weight excluding hydrogens is 412 g/mol. The van der Waals surface area contributed by atoms with Gasteiger partial charge in [-0.05, 0) is 18.8 Å². The lowest BCUT2D eigenvalue weighted by atomic mass is 9.75. The van der Waals surface area contributed by atoms with E-state index in [9.17, 15) is 4.79 Å². The van der Waals surface area contributed by atoms with Gasteiger partial charge in [-0.3, -0.25) is 4.79 Å². The average molecular weight is 453 g/mol. The van der Waals surface area contributed by atoms with E-state index < -0.39 is 0 Å². The molecule has 1 saturated carbocycles. The van der Waals surface area contributed by atoms with E-state index in [0.717, 1.165) is 38.3 Å². The lowest BCUT2D eigenvalue weighted by Gasteiger charge is -2.46. The summed E-state index contributed by atoms with van der Waals surface area (Å²) in [6.07, 6.45) is 10.6. The van der Waals surface area contributed by atoms with Crippen LogP contribution in [0, 0.1) is 11.8 Å². The minimum Gasteiger partial charge on any atom is -0.353 e. The molecular formula is C26H40N6O+2. The molecule has 3 saturated heterocycles. The summed E-state index contributed by atoms with van der Waals surface area (Å²) >= 11 is 0. The van der Waals surface area contributed by atoms with Gasteiger partial charge in [0.2, 0.25) is 5.91 Å². The number of rotatable bonds is 8. The molecule has 4 aliphatic rings. The highest BCUT2D eigenvalue weighted by atomic mass is 16.2. The molecule has 2 unspecified atom stereocenters. The fraction of sp³-hybridized carbons (Fsp3) is 0.654. The van der Waals surface area contributed by atoms with Gasteiger partial charge in [-0.25, -0.2) is 4.68 Å². The van der Waals surface area contributed by atoms with Gasteiger partial charge < -0.3 is 15.1 Å². The summed E-state index contributed by atoms with van der Waals surface area (Å²) in [6, 6.07) is 11.6. The van der Waals surface area contributed by atoms with Gasteiger partial charge in [0.25, 0.3) is 0 Å². The zero-order valence-electron chi connectivity index (χ0n) is 20.0. The standard InChI is InChI=1S/C26H38N6O/c1-30(15-20-8-4-2-5-9-20)16-23-17-32(29-28-23)18-24-14-21-12-13-31(24)19-25(21)26(33)27-22-10-6-3-7-11-22/h2,4-5,8-9,17,21-22,24-25H,3,6-7,10-16,18-19H2,1H3,(H,27,33)/p+2/t21-,24+,25-/m0/s1. The first-order valence-corrected chi connectivity index (χ1v) is 13.0. The van der Waals surface area contributed by atoms with Crippen molar-refractivity contribution >= 4 is 5.91 Å². The first kappa shape index (κ1) is 22.5. The molecule has 4 heterocycles. The Bertz CT molecular complexity index is 909. The Kier molecular flexibility index (Phi) is 7.07. The van der Waals surface area contributed by atoms with Crippen LogP contribution in [0.2, 0.25) is 0 Å². The number of aromatic nitrogens is 3. The fourth-order valence-corrected chi connectivity index (χ4v) is 6.42. The number of amides is 1. The molecule has 1 aliphatic carbocycles. The largest absolute Gasteiger partial charge is 0.353 e. The molecule has 7 heteroatoms. The van der Waals surface area contributed by atoms with E-state index in [4.69, 9.17) is 0 Å². The summed E-state index contributed by atoms with van der Waals surface area (Å²) < 4.78 is 2.04. The highest BCUT2D eigenvalue weighted by Crippen LogP contribution is 2.28. The lowest BCUT2D eigenvalue weighted by molar-refractivity contribution is -0.945. The van der Waals surface area contributed by atoms with Crippen molar-refractivity contribution in [2.75, 3.05) is 20.1 Å². The second-order valence-electron chi connectivity index (χ2n) is 10.8. The molecule has 1 aromatic carbocycles. The second kappa shape index (κ2) is 10.3. The molecule has 1 aromatic heterocycles. The van der Waals surface area contributed by atoms with Crippen molar-refractivity contribution in [3.05, 3.63) is 47.8 Å². The highest BCUT2D eigenvalue weighted by Gasteiger charge is 2.46. The smallest absolute Gasteiger partial charge is 0.229 e. The van der Waals surface area contributed by atoms with Crippen LogP contribution in [0.3, 0.4) is 0 Å². The first-order valence-electron chi connectivity index (χ1n) is 13.0. The molecule has 178 valence electrons. The van der Waals surface area contributed by atoms with Crippen LogP contribution in [0.5, 0.6) is 0 Å². The van der Waals surface area contributed by atoms with Crippen LogP contribution in [-0.2, 0) is 24.4 Å². The van der Waals surface area contributed by atoms with E-state index in [1.54, 1.807) is 4.90 Å². The van der Waals surface area contributed by atoms with E-state index >= 15 is 0 Å². The Morgan fingerprint density at radius 2 is 1.97 bits per heavy atom. The summed E-state index contributed by atoms with van der Waals surface area (Å²) in [4.78, 5) is 16.0. The summed E-state index contributed by atoms with van der Waals surface area (Å²) in [7, 11) is 2.21. The van der Waals surface area contributed by atoms with Crippen molar-refractivity contribution < 1.29 is 14.6 Å². The Balaban J connectivity index is 1.12. The van der Waals surface area contributed by atoms with E-state index in [2.05, 4.69) is 59.2 Å². The summed E-state index contributed by atoms with van der Waals surface area (Å²) in [5, 5.41) is 12.3. The van der Waals surface area contributed by atoms with E-state index in [0.29, 0.717) is 23.9 Å². The lowest BCUT2D eigenvalue weighted by Crippen LogP contribution is -3.20. The van der Waals surface area contributed by atoms with Crippen molar-refractivity contribution in [2.24, 2.45) is 11.8 Å². The van der Waals surface area contributed by atoms with Crippen LogP contribution >= 0.6 is 0 Å². The van der Waals surface area contributed by atoms with Gasteiger partial charge in [-0.15, -0.1) is 5.10 Å². The number of nitrogens with zero attached hydrogens (tertiary/aromatic N) is 3. The Morgan fingerprint density at radius 1 is 1.15 bits per heavy atom. The molecule has 6 rings (SSSR count). The molecule has 33 heavy (non-hydrogen) atoms. The second-order valence-corrected chi connectivity index (χ2v) is 10.8. The quantitative estimate of drug-likeness (QED) is 0.537. The van der Waals surface area contributed by atoms with Crippen molar-refractivity contribution in [1.82, 2.24) is 20.3 Å². The highest BCUT2D eigenvalue weighted by molar-refractivity contribution is 5.79. The van der Waals surface area contributed by atoms with Gasteiger partial charge in [0.15, 0.2) is 0 Å². The first-order chi connectivity index (χ1) is 16.1. The maximum Gasteiger partial charge on any atom is 0.229 e. The van der Waals surface area contributed by atoms with Crippen LogP contribution in [-0.4, -0.2) is 53.1 Å². The molecule has 2 aromatic rings. The van der Waals surface area contributed by atoms with Gasteiger partial charge in [-0.1, -0.05) is 54.8 Å². The van der Waals surface area contributed by atoms with Crippen molar-refractivity contribution in [3.8, 4) is 0 Å². The maximum absolute atomic E-state index is 13.0. The number of nitrogens with one attached hydrogen (secondary N) is 3. The minimum absolute atomic E-state index is 0.202. The molecule has 0 spiro atoms. The predicted molar refractivity (Wildman–Crippen MR) is 126 cm³/mol. The number of quaternary nitrogens is 2. The van der Waals surface area contributed by atoms with Crippen LogP contribution in [0.25, 0.3) is 0 Å². The zero-order chi connectivity index (χ0) is 22.6. The number of hydrogen-bond acceptors (Lipinski definition) is 3. The Morgan fingerprint density at radius 3 is 2.73 bits per heavy atom. The van der Waals surface area contributed by atoms with Gasteiger partial charge in [0.05, 0.1) is 38.8 Å². The maximum atomic E-state index is 13.0.